The van der Waals surface area contributed by atoms with E-state index in [4.69, 9.17) is 4.42 Å². The Hall–Kier alpha value is -3.94. The van der Waals surface area contributed by atoms with Crippen molar-refractivity contribution in [2.75, 3.05) is 31.1 Å². The number of pyridine rings is 1. The minimum Gasteiger partial charge on any atom is -0.467 e. The number of amides is 2. The van der Waals surface area contributed by atoms with E-state index in [-0.39, 0.29) is 12.5 Å². The van der Waals surface area contributed by atoms with E-state index < -0.39 is 11.7 Å². The van der Waals surface area contributed by atoms with E-state index >= 15 is 0 Å². The molecule has 0 unspecified atom stereocenters. The summed E-state index contributed by atoms with van der Waals surface area (Å²) >= 11 is 0. The molecule has 3 aromatic rings. The van der Waals surface area contributed by atoms with Crippen LogP contribution in [-0.2, 0) is 16.1 Å². The SMILES string of the molecule is O=C1C(c2ccc(F)cc2)=C(N2CCN(c3ccccn3)CC2)C(=O)N1Cc1ccco1. The Morgan fingerprint density at radius 1 is 0.875 bits per heavy atom. The van der Waals surface area contributed by atoms with Gasteiger partial charge in [0.25, 0.3) is 11.8 Å². The van der Waals surface area contributed by atoms with Crippen LogP contribution < -0.4 is 4.90 Å². The molecule has 0 N–H and O–H groups in total. The van der Waals surface area contributed by atoms with Crippen LogP contribution in [0.25, 0.3) is 5.57 Å². The Morgan fingerprint density at radius 3 is 2.28 bits per heavy atom. The topological polar surface area (TPSA) is 69.9 Å². The summed E-state index contributed by atoms with van der Waals surface area (Å²) in [6, 6.07) is 14.9. The fraction of sp³-hybridized carbons (Fsp3) is 0.208. The number of carbonyl (C=O) groups is 2. The Kier molecular flexibility index (Phi) is 5.18. The van der Waals surface area contributed by atoms with Crippen LogP contribution in [0.5, 0.6) is 0 Å². The lowest BCUT2D eigenvalue weighted by Gasteiger charge is -2.37. The quantitative estimate of drug-likeness (QED) is 0.578. The minimum atomic E-state index is -0.403. The van der Waals surface area contributed by atoms with Crippen LogP contribution in [0.3, 0.4) is 0 Å². The highest BCUT2D eigenvalue weighted by molar-refractivity contribution is 6.35. The summed E-state index contributed by atoms with van der Waals surface area (Å²) in [6.45, 7) is 2.49. The number of carbonyl (C=O) groups excluding carboxylic acids is 2. The predicted molar refractivity (Wildman–Crippen MR) is 116 cm³/mol. The molecule has 2 aromatic heterocycles. The van der Waals surface area contributed by atoms with Gasteiger partial charge in [-0.15, -0.1) is 0 Å². The second kappa shape index (κ2) is 8.30. The van der Waals surface area contributed by atoms with Crippen LogP contribution in [0.1, 0.15) is 11.3 Å². The first-order chi connectivity index (χ1) is 15.6. The summed E-state index contributed by atoms with van der Waals surface area (Å²) < 4.78 is 18.9. The van der Waals surface area contributed by atoms with Crippen LogP contribution in [0.15, 0.2) is 77.2 Å². The van der Waals surface area contributed by atoms with Gasteiger partial charge in [-0.2, -0.15) is 0 Å². The Labute approximate surface area is 184 Å². The molecule has 5 rings (SSSR count). The molecule has 0 spiro atoms. The minimum absolute atomic E-state index is 0.0484. The maximum absolute atomic E-state index is 13.5. The van der Waals surface area contributed by atoms with Crippen molar-refractivity contribution in [3.05, 3.63) is 89.9 Å². The third kappa shape index (κ3) is 3.64. The third-order valence-electron chi connectivity index (χ3n) is 5.74. The first kappa shape index (κ1) is 20.0. The summed E-state index contributed by atoms with van der Waals surface area (Å²) in [5.74, 6) is 0.237. The Bertz CT molecular complexity index is 1150. The van der Waals surface area contributed by atoms with Gasteiger partial charge in [0.2, 0.25) is 0 Å². The highest BCUT2D eigenvalue weighted by Gasteiger charge is 2.42. The zero-order chi connectivity index (χ0) is 22.1. The van der Waals surface area contributed by atoms with Crippen molar-refractivity contribution in [2.24, 2.45) is 0 Å². The normalized spacial score (nSPS) is 17.0. The highest BCUT2D eigenvalue weighted by atomic mass is 19.1. The monoisotopic (exact) mass is 432 g/mol. The van der Waals surface area contributed by atoms with Crippen molar-refractivity contribution >= 4 is 23.2 Å². The number of nitrogens with zero attached hydrogens (tertiary/aromatic N) is 4. The van der Waals surface area contributed by atoms with Gasteiger partial charge < -0.3 is 14.2 Å². The summed E-state index contributed by atoms with van der Waals surface area (Å²) in [5, 5.41) is 0. The summed E-state index contributed by atoms with van der Waals surface area (Å²) in [5.41, 5.74) is 1.18. The van der Waals surface area contributed by atoms with E-state index in [1.165, 1.54) is 35.4 Å². The fourth-order valence-electron chi connectivity index (χ4n) is 4.14. The van der Waals surface area contributed by atoms with Gasteiger partial charge in [0, 0.05) is 32.4 Å². The maximum atomic E-state index is 13.5. The summed E-state index contributed by atoms with van der Waals surface area (Å²) in [4.78, 5) is 36.4. The number of anilines is 1. The maximum Gasteiger partial charge on any atom is 0.278 e. The molecule has 4 heterocycles. The molecule has 32 heavy (non-hydrogen) atoms. The number of furan rings is 1. The van der Waals surface area contributed by atoms with Crippen LogP contribution >= 0.6 is 0 Å². The van der Waals surface area contributed by atoms with E-state index in [1.807, 2.05) is 23.1 Å². The predicted octanol–water partition coefficient (Wildman–Crippen LogP) is 2.92. The van der Waals surface area contributed by atoms with Crippen molar-refractivity contribution in [2.45, 2.75) is 6.54 Å². The van der Waals surface area contributed by atoms with Crippen LogP contribution in [0.4, 0.5) is 10.2 Å². The highest BCUT2D eigenvalue weighted by Crippen LogP contribution is 2.33. The van der Waals surface area contributed by atoms with Crippen LogP contribution in [-0.4, -0.2) is 52.8 Å². The third-order valence-corrected chi connectivity index (χ3v) is 5.74. The number of rotatable bonds is 5. The van der Waals surface area contributed by atoms with Gasteiger partial charge in [-0.25, -0.2) is 9.37 Å². The molecule has 2 aliphatic heterocycles. The molecule has 1 saturated heterocycles. The van der Waals surface area contributed by atoms with Gasteiger partial charge in [0.05, 0.1) is 18.4 Å². The van der Waals surface area contributed by atoms with Gasteiger partial charge in [-0.1, -0.05) is 18.2 Å². The second-order valence-electron chi connectivity index (χ2n) is 7.67. The van der Waals surface area contributed by atoms with Gasteiger partial charge in [-0.3, -0.25) is 14.5 Å². The summed E-state index contributed by atoms with van der Waals surface area (Å²) in [6.07, 6.45) is 3.26. The summed E-state index contributed by atoms with van der Waals surface area (Å²) in [7, 11) is 0. The number of imide groups is 1. The molecule has 2 amide bonds. The molecule has 8 heteroatoms. The van der Waals surface area contributed by atoms with Gasteiger partial charge in [0.15, 0.2) is 0 Å². The zero-order valence-corrected chi connectivity index (χ0v) is 17.3. The molecular weight excluding hydrogens is 411 g/mol. The van der Waals surface area contributed by atoms with Crippen molar-refractivity contribution in [1.82, 2.24) is 14.8 Å². The molecule has 2 aliphatic rings. The second-order valence-corrected chi connectivity index (χ2v) is 7.67. The molecule has 0 radical (unpaired) electrons. The molecule has 1 fully saturated rings. The molecule has 0 bridgehead atoms. The van der Waals surface area contributed by atoms with Crippen LogP contribution in [0.2, 0.25) is 0 Å². The average molecular weight is 432 g/mol. The number of aromatic nitrogens is 1. The van der Waals surface area contributed by atoms with Crippen molar-refractivity contribution in [3.63, 3.8) is 0 Å². The lowest BCUT2D eigenvalue weighted by atomic mass is 10.0. The molecule has 1 aromatic carbocycles. The molecule has 0 atom stereocenters. The fourth-order valence-corrected chi connectivity index (χ4v) is 4.14. The van der Waals surface area contributed by atoms with Gasteiger partial charge in [-0.05, 0) is 42.0 Å². The van der Waals surface area contributed by atoms with E-state index in [0.29, 0.717) is 48.8 Å². The standard InChI is InChI=1S/C24H21FN4O3/c25-18-8-6-17(7-9-18)21-22(24(31)29(23(21)30)16-19-4-3-15-32-19)28-13-11-27(12-14-28)20-5-1-2-10-26-20/h1-10,15H,11-14,16H2. The lowest BCUT2D eigenvalue weighted by molar-refractivity contribution is -0.138. The molecular formula is C24H21FN4O3. The number of hydrogen-bond donors (Lipinski definition) is 0. The van der Waals surface area contributed by atoms with E-state index in [2.05, 4.69) is 9.88 Å². The van der Waals surface area contributed by atoms with Crippen LogP contribution in [0, 0.1) is 5.82 Å². The average Bonchev–Trinajstić information content (AvgIpc) is 3.43. The lowest BCUT2D eigenvalue weighted by Crippen LogP contribution is -2.47. The molecule has 162 valence electrons. The Morgan fingerprint density at radius 2 is 1.62 bits per heavy atom. The smallest absolute Gasteiger partial charge is 0.278 e. The van der Waals surface area contributed by atoms with E-state index in [1.54, 1.807) is 18.3 Å². The van der Waals surface area contributed by atoms with Gasteiger partial charge >= 0.3 is 0 Å². The van der Waals surface area contributed by atoms with Crippen molar-refractivity contribution < 1.29 is 18.4 Å². The zero-order valence-electron chi connectivity index (χ0n) is 17.3. The first-order valence-corrected chi connectivity index (χ1v) is 10.4. The number of benzene rings is 1. The molecule has 0 aliphatic carbocycles. The van der Waals surface area contributed by atoms with E-state index in [9.17, 15) is 14.0 Å². The Balaban J connectivity index is 1.45. The molecule has 0 saturated carbocycles. The number of hydrogen-bond acceptors (Lipinski definition) is 6. The number of piperazine rings is 1. The molecule has 7 nitrogen and oxygen atoms in total. The number of halogens is 1. The first-order valence-electron chi connectivity index (χ1n) is 10.4. The van der Waals surface area contributed by atoms with Crippen molar-refractivity contribution in [3.8, 4) is 0 Å². The van der Waals surface area contributed by atoms with E-state index in [0.717, 1.165) is 5.82 Å². The van der Waals surface area contributed by atoms with Crippen molar-refractivity contribution in [1.29, 1.82) is 0 Å². The largest absolute Gasteiger partial charge is 0.467 e. The van der Waals surface area contributed by atoms with Gasteiger partial charge in [0.1, 0.15) is 23.1 Å².